The van der Waals surface area contributed by atoms with Crippen molar-refractivity contribution in [1.82, 2.24) is 20.0 Å². The van der Waals surface area contributed by atoms with E-state index in [1.807, 2.05) is 14.0 Å². The van der Waals surface area contributed by atoms with E-state index in [9.17, 15) is 10.1 Å². The molecule has 1 saturated carbocycles. The minimum Gasteiger partial charge on any atom is -0.420 e. The summed E-state index contributed by atoms with van der Waals surface area (Å²) >= 11 is 0. The number of carbonyl (C=O) groups is 1. The quantitative estimate of drug-likeness (QED) is 0.791. The SMILES string of the molecule is Cc1nnc(-c2c3c(nn2C)C2(C)CC(C#N)C(=O)[C@@H](C)[C@@H]2CC3)o1. The van der Waals surface area contributed by atoms with Crippen LogP contribution in [0.25, 0.3) is 11.6 Å². The van der Waals surface area contributed by atoms with Crippen LogP contribution >= 0.6 is 0 Å². The predicted octanol–water partition coefficient (Wildman–Crippen LogP) is 2.35. The van der Waals surface area contributed by atoms with Gasteiger partial charge in [0.1, 0.15) is 11.6 Å². The van der Waals surface area contributed by atoms with Crippen LogP contribution in [0.2, 0.25) is 0 Å². The first-order valence-corrected chi connectivity index (χ1v) is 8.67. The van der Waals surface area contributed by atoms with E-state index >= 15 is 0 Å². The maximum Gasteiger partial charge on any atom is 0.266 e. The summed E-state index contributed by atoms with van der Waals surface area (Å²) in [5.74, 6) is 0.617. The van der Waals surface area contributed by atoms with E-state index in [4.69, 9.17) is 9.52 Å². The lowest BCUT2D eigenvalue weighted by atomic mass is 9.54. The van der Waals surface area contributed by atoms with Crippen molar-refractivity contribution in [3.05, 3.63) is 17.1 Å². The summed E-state index contributed by atoms with van der Waals surface area (Å²) in [4.78, 5) is 12.5. The number of fused-ring (bicyclic) bond motifs is 3. The summed E-state index contributed by atoms with van der Waals surface area (Å²) < 4.78 is 7.43. The van der Waals surface area contributed by atoms with Crippen LogP contribution < -0.4 is 0 Å². The average molecular weight is 339 g/mol. The lowest BCUT2D eigenvalue weighted by Crippen LogP contribution is -2.50. The molecular weight excluding hydrogens is 318 g/mol. The number of rotatable bonds is 1. The van der Waals surface area contributed by atoms with Crippen molar-refractivity contribution < 1.29 is 9.21 Å². The topological polar surface area (TPSA) is 97.6 Å². The first kappa shape index (κ1) is 16.0. The van der Waals surface area contributed by atoms with E-state index in [1.165, 1.54) is 0 Å². The second-order valence-electron chi connectivity index (χ2n) is 7.57. The number of ketones is 1. The minimum atomic E-state index is -0.557. The summed E-state index contributed by atoms with van der Waals surface area (Å²) in [5, 5.41) is 22.3. The predicted molar refractivity (Wildman–Crippen MR) is 88.3 cm³/mol. The Hall–Kier alpha value is -2.49. The Morgan fingerprint density at radius 2 is 2.16 bits per heavy atom. The van der Waals surface area contributed by atoms with E-state index in [0.29, 0.717) is 18.2 Å². The standard InChI is InChI=1S/C18H21N5O2/c1-9-13-6-5-12-14(17-21-20-10(2)25-17)23(4)22-16(12)18(13,3)7-11(8-19)15(9)24/h9,11,13H,5-7H2,1-4H3/t9-,11?,13-,18?/m0/s1. The van der Waals surface area contributed by atoms with Crippen LogP contribution in [0.5, 0.6) is 0 Å². The first-order valence-electron chi connectivity index (χ1n) is 8.67. The van der Waals surface area contributed by atoms with Gasteiger partial charge in [0.15, 0.2) is 5.78 Å². The second kappa shape index (κ2) is 5.25. The first-order chi connectivity index (χ1) is 11.9. The number of nitrogens with zero attached hydrogens (tertiary/aromatic N) is 5. The molecule has 2 aromatic heterocycles. The summed E-state index contributed by atoms with van der Waals surface area (Å²) in [7, 11) is 1.88. The van der Waals surface area contributed by atoms with E-state index in [-0.39, 0.29) is 23.0 Å². The lowest BCUT2D eigenvalue weighted by Gasteiger charge is -2.48. The number of carbonyl (C=O) groups excluding carboxylic acids is 1. The summed E-state index contributed by atoms with van der Waals surface area (Å²) in [6, 6.07) is 2.20. The van der Waals surface area contributed by atoms with Crippen LogP contribution in [0.1, 0.15) is 43.8 Å². The van der Waals surface area contributed by atoms with Crippen LogP contribution in [-0.4, -0.2) is 25.8 Å². The van der Waals surface area contributed by atoms with Crippen molar-refractivity contribution in [2.75, 3.05) is 0 Å². The van der Waals surface area contributed by atoms with Gasteiger partial charge in [-0.1, -0.05) is 13.8 Å². The van der Waals surface area contributed by atoms with Gasteiger partial charge in [-0.05, 0) is 25.2 Å². The summed E-state index contributed by atoms with van der Waals surface area (Å²) in [6.45, 7) is 5.88. The molecule has 0 N–H and O–H groups in total. The van der Waals surface area contributed by atoms with Gasteiger partial charge in [-0.2, -0.15) is 10.4 Å². The van der Waals surface area contributed by atoms with Gasteiger partial charge in [0.05, 0.1) is 11.8 Å². The molecule has 2 aliphatic rings. The highest BCUT2D eigenvalue weighted by Crippen LogP contribution is 2.53. The second-order valence-corrected chi connectivity index (χ2v) is 7.57. The van der Waals surface area contributed by atoms with Crippen LogP contribution in [0.15, 0.2) is 4.42 Å². The Morgan fingerprint density at radius 3 is 2.80 bits per heavy atom. The van der Waals surface area contributed by atoms with Crippen molar-refractivity contribution >= 4 is 5.78 Å². The smallest absolute Gasteiger partial charge is 0.266 e. The van der Waals surface area contributed by atoms with Crippen molar-refractivity contribution in [2.45, 2.75) is 45.4 Å². The van der Waals surface area contributed by atoms with Crippen LogP contribution in [0.3, 0.4) is 0 Å². The van der Waals surface area contributed by atoms with E-state index < -0.39 is 5.92 Å². The molecule has 130 valence electrons. The highest BCUT2D eigenvalue weighted by molar-refractivity contribution is 5.87. The number of aryl methyl sites for hydroxylation is 2. The Morgan fingerprint density at radius 1 is 1.40 bits per heavy atom. The fourth-order valence-corrected chi connectivity index (χ4v) is 4.92. The number of Topliss-reactive ketones (excluding diaryl/α,β-unsaturated/α-hetero) is 1. The Balaban J connectivity index is 1.87. The third-order valence-electron chi connectivity index (χ3n) is 6.12. The van der Waals surface area contributed by atoms with E-state index in [2.05, 4.69) is 23.2 Å². The maximum absolute atomic E-state index is 12.5. The van der Waals surface area contributed by atoms with Crippen molar-refractivity contribution in [1.29, 1.82) is 5.26 Å². The molecule has 2 aliphatic carbocycles. The molecule has 0 aromatic carbocycles. The van der Waals surface area contributed by atoms with Crippen LogP contribution in [0.4, 0.5) is 0 Å². The van der Waals surface area contributed by atoms with Gasteiger partial charge >= 0.3 is 0 Å². The van der Waals surface area contributed by atoms with Gasteiger partial charge in [0, 0.05) is 30.9 Å². The van der Waals surface area contributed by atoms with Gasteiger partial charge in [-0.15, -0.1) is 10.2 Å². The van der Waals surface area contributed by atoms with Gasteiger partial charge in [0.25, 0.3) is 5.89 Å². The molecule has 0 aliphatic heterocycles. The Labute approximate surface area is 146 Å². The molecule has 2 unspecified atom stereocenters. The van der Waals surface area contributed by atoms with Crippen LogP contribution in [-0.2, 0) is 23.7 Å². The number of hydrogen-bond acceptors (Lipinski definition) is 6. The van der Waals surface area contributed by atoms with Gasteiger partial charge in [0.2, 0.25) is 5.89 Å². The normalized spacial score (nSPS) is 31.3. The van der Waals surface area contributed by atoms with Gasteiger partial charge < -0.3 is 4.42 Å². The molecule has 0 spiro atoms. The van der Waals surface area contributed by atoms with Gasteiger partial charge in [-0.3, -0.25) is 9.48 Å². The van der Waals surface area contributed by atoms with E-state index in [1.54, 1.807) is 11.6 Å². The summed E-state index contributed by atoms with van der Waals surface area (Å²) in [5.41, 5.74) is 2.67. The fraction of sp³-hybridized carbons (Fsp3) is 0.611. The fourth-order valence-electron chi connectivity index (χ4n) is 4.92. The molecule has 2 heterocycles. The molecular formula is C18H21N5O2. The third kappa shape index (κ3) is 2.10. The highest BCUT2D eigenvalue weighted by Gasteiger charge is 2.53. The zero-order valence-electron chi connectivity index (χ0n) is 14.9. The Kier molecular flexibility index (Phi) is 3.36. The largest absolute Gasteiger partial charge is 0.420 e. The van der Waals surface area contributed by atoms with E-state index in [0.717, 1.165) is 29.8 Å². The molecule has 0 radical (unpaired) electrons. The molecule has 2 aromatic rings. The molecule has 4 rings (SSSR count). The number of nitriles is 1. The monoisotopic (exact) mass is 339 g/mol. The lowest BCUT2D eigenvalue weighted by molar-refractivity contribution is -0.132. The van der Waals surface area contributed by atoms with Crippen LogP contribution in [0, 0.1) is 36.0 Å². The summed E-state index contributed by atoms with van der Waals surface area (Å²) in [6.07, 6.45) is 2.26. The molecule has 7 nitrogen and oxygen atoms in total. The minimum absolute atomic E-state index is 0.0807. The molecule has 25 heavy (non-hydrogen) atoms. The average Bonchev–Trinajstić information content (AvgIpc) is 3.14. The number of aromatic nitrogens is 4. The van der Waals surface area contributed by atoms with Crippen molar-refractivity contribution in [3.8, 4) is 17.7 Å². The van der Waals surface area contributed by atoms with Crippen molar-refractivity contribution in [3.63, 3.8) is 0 Å². The molecule has 0 saturated heterocycles. The van der Waals surface area contributed by atoms with Gasteiger partial charge in [-0.25, -0.2) is 0 Å². The number of hydrogen-bond donors (Lipinski definition) is 0. The van der Waals surface area contributed by atoms with Crippen molar-refractivity contribution in [2.24, 2.45) is 24.8 Å². The molecule has 4 atom stereocenters. The molecule has 1 fully saturated rings. The zero-order chi connectivity index (χ0) is 17.9. The molecule has 7 heteroatoms. The molecule has 0 bridgehead atoms. The highest BCUT2D eigenvalue weighted by atomic mass is 16.4. The molecule has 0 amide bonds. The maximum atomic E-state index is 12.5. The zero-order valence-corrected chi connectivity index (χ0v) is 14.9. The Bertz CT molecular complexity index is 905. The third-order valence-corrected chi connectivity index (χ3v) is 6.12.